The first-order chi connectivity index (χ1) is 15.6. The minimum absolute atomic E-state index is 0.0430. The lowest BCUT2D eigenvalue weighted by molar-refractivity contribution is 0.236. The van der Waals surface area contributed by atoms with Crippen molar-refractivity contribution in [2.45, 2.75) is 18.9 Å². The summed E-state index contributed by atoms with van der Waals surface area (Å²) < 4.78 is 7.78. The number of benzene rings is 2. The molecule has 1 atom stereocenters. The van der Waals surface area contributed by atoms with Crippen molar-refractivity contribution in [1.29, 1.82) is 5.26 Å². The number of nitriles is 1. The second-order valence-corrected chi connectivity index (χ2v) is 8.11. The van der Waals surface area contributed by atoms with E-state index >= 15 is 0 Å². The minimum atomic E-state index is 0.0430. The Morgan fingerprint density at radius 2 is 1.78 bits per heavy atom. The quantitative estimate of drug-likeness (QED) is 0.456. The van der Waals surface area contributed by atoms with Gasteiger partial charge in [0.1, 0.15) is 29.3 Å². The van der Waals surface area contributed by atoms with Crippen LogP contribution in [0, 0.1) is 11.5 Å². The second-order valence-electron chi connectivity index (χ2n) is 7.67. The molecule has 3 heterocycles. The van der Waals surface area contributed by atoms with E-state index in [-0.39, 0.29) is 6.04 Å². The second kappa shape index (κ2) is 8.36. The molecular formula is C23H20ClN7O. The number of nitrogen functional groups attached to an aromatic ring is 1. The lowest BCUT2D eigenvalue weighted by Gasteiger charge is -2.28. The molecule has 0 saturated carbocycles. The van der Waals surface area contributed by atoms with Crippen LogP contribution in [-0.2, 0) is 0 Å². The standard InChI is InChI=1S/C23H20ClN7O/c24-16-5-9-19(10-6-16)32-18-7-3-15(4-8-18)21-20-22(26)27-14-28-23(20)31(29-21)17-2-1-11-30(12-17)13-25/h3-10,14,17H,1-2,11-12H2,(H2,26,27,28)/t17-/m1/s1. The van der Waals surface area contributed by atoms with E-state index in [0.717, 1.165) is 24.9 Å². The van der Waals surface area contributed by atoms with E-state index in [0.29, 0.717) is 45.6 Å². The van der Waals surface area contributed by atoms with Crippen LogP contribution in [0.1, 0.15) is 18.9 Å². The van der Waals surface area contributed by atoms with Crippen LogP contribution in [0.4, 0.5) is 5.82 Å². The molecule has 0 aliphatic carbocycles. The highest BCUT2D eigenvalue weighted by atomic mass is 35.5. The number of hydrogen-bond donors (Lipinski definition) is 1. The van der Waals surface area contributed by atoms with Gasteiger partial charge in [0.2, 0.25) is 0 Å². The molecule has 0 amide bonds. The summed E-state index contributed by atoms with van der Waals surface area (Å²) in [7, 11) is 0. The van der Waals surface area contributed by atoms with Crippen molar-refractivity contribution in [2.24, 2.45) is 0 Å². The maximum atomic E-state index is 9.32. The van der Waals surface area contributed by atoms with Crippen LogP contribution in [0.5, 0.6) is 11.5 Å². The molecule has 32 heavy (non-hydrogen) atoms. The third-order valence-electron chi connectivity index (χ3n) is 5.58. The van der Waals surface area contributed by atoms with E-state index in [4.69, 9.17) is 27.2 Å². The van der Waals surface area contributed by atoms with Gasteiger partial charge in [-0.25, -0.2) is 14.6 Å². The van der Waals surface area contributed by atoms with Crippen LogP contribution in [0.2, 0.25) is 5.02 Å². The number of nitrogens with zero attached hydrogens (tertiary/aromatic N) is 6. The van der Waals surface area contributed by atoms with Crippen LogP contribution in [0.3, 0.4) is 0 Å². The highest BCUT2D eigenvalue weighted by molar-refractivity contribution is 6.30. The van der Waals surface area contributed by atoms with Gasteiger partial charge >= 0.3 is 0 Å². The Balaban J connectivity index is 1.50. The number of fused-ring (bicyclic) bond motifs is 1. The zero-order valence-corrected chi connectivity index (χ0v) is 17.9. The molecule has 2 aromatic heterocycles. The predicted octanol–water partition coefficient (Wildman–Crippen LogP) is 4.64. The number of likely N-dealkylation sites (tertiary alicyclic amines) is 1. The van der Waals surface area contributed by atoms with E-state index in [9.17, 15) is 5.26 Å². The van der Waals surface area contributed by atoms with E-state index in [1.54, 1.807) is 17.0 Å². The molecule has 0 radical (unpaired) electrons. The van der Waals surface area contributed by atoms with E-state index in [2.05, 4.69) is 16.2 Å². The van der Waals surface area contributed by atoms with Crippen molar-refractivity contribution < 1.29 is 4.74 Å². The fraction of sp³-hybridized carbons (Fsp3) is 0.217. The molecule has 1 saturated heterocycles. The number of nitrogens with two attached hydrogens (primary N) is 1. The average Bonchev–Trinajstić information content (AvgIpc) is 3.22. The van der Waals surface area contributed by atoms with Gasteiger partial charge in [-0.05, 0) is 61.4 Å². The minimum Gasteiger partial charge on any atom is -0.457 e. The summed E-state index contributed by atoms with van der Waals surface area (Å²) in [5.41, 5.74) is 8.51. The van der Waals surface area contributed by atoms with E-state index in [1.165, 1.54) is 6.33 Å². The molecule has 1 fully saturated rings. The molecule has 2 aromatic carbocycles. The zero-order valence-electron chi connectivity index (χ0n) is 17.1. The fourth-order valence-corrected chi connectivity index (χ4v) is 4.14. The van der Waals surface area contributed by atoms with E-state index in [1.807, 2.05) is 41.1 Å². The van der Waals surface area contributed by atoms with Gasteiger partial charge in [0.25, 0.3) is 0 Å². The maximum Gasteiger partial charge on any atom is 0.179 e. The number of hydrogen-bond acceptors (Lipinski definition) is 7. The van der Waals surface area contributed by atoms with Gasteiger partial charge in [-0.2, -0.15) is 10.4 Å². The molecule has 160 valence electrons. The van der Waals surface area contributed by atoms with Crippen molar-refractivity contribution in [3.63, 3.8) is 0 Å². The molecule has 5 rings (SSSR count). The number of piperidine rings is 1. The van der Waals surface area contributed by atoms with Crippen molar-refractivity contribution in [3.8, 4) is 28.9 Å². The van der Waals surface area contributed by atoms with Crippen molar-refractivity contribution in [3.05, 3.63) is 59.9 Å². The maximum absolute atomic E-state index is 9.32. The fourth-order valence-electron chi connectivity index (χ4n) is 4.02. The highest BCUT2D eigenvalue weighted by Gasteiger charge is 2.26. The van der Waals surface area contributed by atoms with Gasteiger partial charge in [-0.3, -0.25) is 0 Å². The van der Waals surface area contributed by atoms with Crippen LogP contribution in [0.25, 0.3) is 22.3 Å². The number of rotatable bonds is 4. The Morgan fingerprint density at radius 1 is 1.06 bits per heavy atom. The van der Waals surface area contributed by atoms with Crippen molar-refractivity contribution in [2.75, 3.05) is 18.8 Å². The van der Waals surface area contributed by atoms with Gasteiger partial charge in [0.05, 0.1) is 18.0 Å². The first-order valence-electron chi connectivity index (χ1n) is 10.3. The third kappa shape index (κ3) is 3.79. The van der Waals surface area contributed by atoms with Crippen LogP contribution < -0.4 is 10.5 Å². The third-order valence-corrected chi connectivity index (χ3v) is 5.83. The van der Waals surface area contributed by atoms with Gasteiger partial charge < -0.3 is 15.4 Å². The molecule has 0 unspecified atom stereocenters. The van der Waals surface area contributed by atoms with Gasteiger partial charge in [-0.1, -0.05) is 11.6 Å². The van der Waals surface area contributed by atoms with Crippen LogP contribution >= 0.6 is 11.6 Å². The summed E-state index contributed by atoms with van der Waals surface area (Å²) in [5, 5.41) is 15.6. The molecule has 0 spiro atoms. The average molecular weight is 446 g/mol. The summed E-state index contributed by atoms with van der Waals surface area (Å²) in [6.07, 6.45) is 5.54. The van der Waals surface area contributed by atoms with Gasteiger partial charge in [0.15, 0.2) is 11.8 Å². The normalized spacial score (nSPS) is 16.1. The Hall–Kier alpha value is -3.83. The topological polar surface area (TPSA) is 106 Å². The summed E-state index contributed by atoms with van der Waals surface area (Å²) in [4.78, 5) is 10.4. The molecule has 0 bridgehead atoms. The lowest BCUT2D eigenvalue weighted by Crippen LogP contribution is -2.33. The zero-order chi connectivity index (χ0) is 22.1. The lowest BCUT2D eigenvalue weighted by atomic mass is 10.1. The summed E-state index contributed by atoms with van der Waals surface area (Å²) in [5.74, 6) is 1.78. The Kier molecular flexibility index (Phi) is 5.25. The largest absolute Gasteiger partial charge is 0.457 e. The monoisotopic (exact) mass is 445 g/mol. The molecule has 9 heteroatoms. The molecule has 1 aliphatic rings. The summed E-state index contributed by atoms with van der Waals surface area (Å²) in [6.45, 7) is 1.37. The summed E-state index contributed by atoms with van der Waals surface area (Å²) in [6, 6.07) is 14.9. The molecule has 1 aliphatic heterocycles. The Bertz CT molecular complexity index is 1300. The number of halogens is 1. The Labute approximate surface area is 189 Å². The smallest absolute Gasteiger partial charge is 0.179 e. The predicted molar refractivity (Wildman–Crippen MR) is 122 cm³/mol. The van der Waals surface area contributed by atoms with Crippen LogP contribution in [0.15, 0.2) is 54.9 Å². The number of anilines is 1. The van der Waals surface area contributed by atoms with Crippen molar-refractivity contribution >= 4 is 28.5 Å². The van der Waals surface area contributed by atoms with Crippen molar-refractivity contribution in [1.82, 2.24) is 24.6 Å². The van der Waals surface area contributed by atoms with Crippen LogP contribution in [-0.4, -0.2) is 37.7 Å². The molecule has 4 aromatic rings. The van der Waals surface area contributed by atoms with Gasteiger partial charge in [0, 0.05) is 17.1 Å². The highest BCUT2D eigenvalue weighted by Crippen LogP contribution is 2.34. The first-order valence-corrected chi connectivity index (χ1v) is 10.7. The number of ether oxygens (including phenoxy) is 1. The van der Waals surface area contributed by atoms with E-state index < -0.39 is 0 Å². The molecule has 8 nitrogen and oxygen atoms in total. The molecule has 2 N–H and O–H groups in total. The molecular weight excluding hydrogens is 426 g/mol. The van der Waals surface area contributed by atoms with Gasteiger partial charge in [-0.15, -0.1) is 0 Å². The first kappa shape index (κ1) is 20.1. The summed E-state index contributed by atoms with van der Waals surface area (Å²) >= 11 is 5.93. The Morgan fingerprint density at radius 3 is 2.50 bits per heavy atom. The number of aromatic nitrogens is 4. The SMILES string of the molecule is N#CN1CCC[C@@H](n2nc(-c3ccc(Oc4ccc(Cl)cc4)cc3)c3c(N)ncnc32)C1.